The number of hydrogen-bond acceptors (Lipinski definition) is 5. The number of carbonyl (C=O) groups excluding carboxylic acids is 2. The summed E-state index contributed by atoms with van der Waals surface area (Å²) in [4.78, 5) is 23.3. The molecule has 0 aliphatic rings. The van der Waals surface area contributed by atoms with Gasteiger partial charge >= 0.3 is 18.1 Å². The number of hydrogen-bond donors (Lipinski definition) is 0. The zero-order valence-corrected chi connectivity index (χ0v) is 18.1. The molecule has 1 atom stereocenters. The van der Waals surface area contributed by atoms with E-state index in [1.165, 1.54) is 19.1 Å². The maximum absolute atomic E-state index is 13.3. The highest BCUT2D eigenvalue weighted by atomic mass is 19.4. The van der Waals surface area contributed by atoms with Crippen LogP contribution in [-0.4, -0.2) is 37.4 Å². The van der Waals surface area contributed by atoms with E-state index in [2.05, 4.69) is 0 Å². The van der Waals surface area contributed by atoms with Gasteiger partial charge in [0.05, 0.1) is 5.56 Å². The van der Waals surface area contributed by atoms with Gasteiger partial charge in [-0.05, 0) is 61.6 Å². The number of benzene rings is 2. The van der Waals surface area contributed by atoms with E-state index >= 15 is 0 Å². The van der Waals surface area contributed by atoms with Crippen LogP contribution in [0.4, 0.5) is 13.2 Å². The molecule has 0 bridgehead atoms. The molecule has 2 rings (SSSR count). The molecule has 0 spiro atoms. The van der Waals surface area contributed by atoms with Gasteiger partial charge in [-0.3, -0.25) is 4.79 Å². The first kappa shape index (κ1) is 25.4. The van der Waals surface area contributed by atoms with Crippen molar-refractivity contribution in [2.75, 3.05) is 13.2 Å². The molecule has 8 heteroatoms. The molecule has 32 heavy (non-hydrogen) atoms. The van der Waals surface area contributed by atoms with Crippen LogP contribution in [0.3, 0.4) is 0 Å². The average molecular weight is 452 g/mol. The van der Waals surface area contributed by atoms with Crippen LogP contribution < -0.4 is 4.74 Å². The first-order valence-corrected chi connectivity index (χ1v) is 10.4. The zero-order valence-electron chi connectivity index (χ0n) is 18.1. The average Bonchev–Trinajstić information content (AvgIpc) is 2.74. The van der Waals surface area contributed by atoms with E-state index in [1.807, 2.05) is 6.92 Å². The Morgan fingerprint density at radius 3 is 2.03 bits per heavy atom. The van der Waals surface area contributed by atoms with Crippen LogP contribution in [0.2, 0.25) is 0 Å². The largest absolute Gasteiger partial charge is 0.449 e. The second kappa shape index (κ2) is 12.2. The maximum Gasteiger partial charge on any atom is 0.425 e. The predicted molar refractivity (Wildman–Crippen MR) is 113 cm³/mol. The summed E-state index contributed by atoms with van der Waals surface area (Å²) in [5.74, 6) is -1.04. The van der Waals surface area contributed by atoms with E-state index in [-0.39, 0.29) is 18.4 Å². The summed E-state index contributed by atoms with van der Waals surface area (Å²) in [5.41, 5.74) is 1.58. The van der Waals surface area contributed by atoms with Crippen LogP contribution >= 0.6 is 0 Å². The van der Waals surface area contributed by atoms with E-state index in [0.29, 0.717) is 31.8 Å². The number of halogens is 3. The zero-order chi connectivity index (χ0) is 23.6. The number of esters is 2. The summed E-state index contributed by atoms with van der Waals surface area (Å²) in [6.07, 6.45) is -5.54. The summed E-state index contributed by atoms with van der Waals surface area (Å²) in [7, 11) is 0. The van der Waals surface area contributed by atoms with Crippen molar-refractivity contribution in [3.05, 3.63) is 54.1 Å². The summed E-state index contributed by atoms with van der Waals surface area (Å²) in [5, 5.41) is 0. The molecule has 2 aromatic carbocycles. The summed E-state index contributed by atoms with van der Waals surface area (Å²) in [6.45, 7) is 4.23. The third kappa shape index (κ3) is 8.34. The van der Waals surface area contributed by atoms with Crippen LogP contribution in [0.5, 0.6) is 5.75 Å². The SMILES string of the molecule is CCOCCCCCC(OC(=O)c1ccc(-c2ccc(OC(C)=O)cc2)cc1)C(F)(F)F. The lowest BCUT2D eigenvalue weighted by Gasteiger charge is -2.20. The van der Waals surface area contributed by atoms with Crippen molar-refractivity contribution in [3.63, 3.8) is 0 Å². The topological polar surface area (TPSA) is 61.8 Å². The van der Waals surface area contributed by atoms with Crippen LogP contribution in [0.25, 0.3) is 11.1 Å². The summed E-state index contributed by atoms with van der Waals surface area (Å²) < 4.78 is 54.8. The van der Waals surface area contributed by atoms with Gasteiger partial charge in [-0.1, -0.05) is 30.7 Å². The maximum atomic E-state index is 13.3. The van der Waals surface area contributed by atoms with Gasteiger partial charge in [0.25, 0.3) is 0 Å². The molecule has 0 fully saturated rings. The van der Waals surface area contributed by atoms with Gasteiger partial charge in [0.1, 0.15) is 5.75 Å². The molecule has 174 valence electrons. The lowest BCUT2D eigenvalue weighted by Crippen LogP contribution is -2.33. The molecule has 0 aromatic heterocycles. The van der Waals surface area contributed by atoms with E-state index in [0.717, 1.165) is 11.1 Å². The second-order valence-electron chi connectivity index (χ2n) is 7.18. The highest BCUT2D eigenvalue weighted by Gasteiger charge is 2.42. The molecule has 0 aliphatic carbocycles. The molecule has 0 heterocycles. The quantitative estimate of drug-likeness (QED) is 0.239. The third-order valence-electron chi connectivity index (χ3n) is 4.64. The molecule has 0 N–H and O–H groups in total. The van der Waals surface area contributed by atoms with Crippen molar-refractivity contribution in [3.8, 4) is 16.9 Å². The van der Waals surface area contributed by atoms with Crippen LogP contribution in [0, 0.1) is 0 Å². The number of rotatable bonds is 11. The van der Waals surface area contributed by atoms with Gasteiger partial charge in [-0.2, -0.15) is 13.2 Å². The monoisotopic (exact) mass is 452 g/mol. The van der Waals surface area contributed by atoms with E-state index in [4.69, 9.17) is 14.2 Å². The highest BCUT2D eigenvalue weighted by molar-refractivity contribution is 5.90. The Morgan fingerprint density at radius 2 is 1.50 bits per heavy atom. The van der Waals surface area contributed by atoms with Crippen molar-refractivity contribution in [1.29, 1.82) is 0 Å². The molecule has 1 unspecified atom stereocenters. The molecule has 0 aliphatic heterocycles. The fourth-order valence-corrected chi connectivity index (χ4v) is 3.02. The molecule has 2 aromatic rings. The van der Waals surface area contributed by atoms with Gasteiger partial charge in [0, 0.05) is 20.1 Å². The number of ether oxygens (including phenoxy) is 3. The Hall–Kier alpha value is -2.87. The molecule has 0 amide bonds. The van der Waals surface area contributed by atoms with Gasteiger partial charge in [0.15, 0.2) is 6.10 Å². The van der Waals surface area contributed by atoms with Gasteiger partial charge in [-0.25, -0.2) is 4.79 Å². The fraction of sp³-hybridized carbons (Fsp3) is 0.417. The minimum absolute atomic E-state index is 0.0379. The van der Waals surface area contributed by atoms with Crippen molar-refractivity contribution in [1.82, 2.24) is 0 Å². The first-order valence-electron chi connectivity index (χ1n) is 10.4. The van der Waals surface area contributed by atoms with Crippen molar-refractivity contribution in [2.45, 2.75) is 51.8 Å². The van der Waals surface area contributed by atoms with Gasteiger partial charge in [0.2, 0.25) is 0 Å². The normalized spacial score (nSPS) is 12.3. The summed E-state index contributed by atoms with van der Waals surface area (Å²) in [6, 6.07) is 12.8. The lowest BCUT2D eigenvalue weighted by atomic mass is 10.0. The molecule has 0 radical (unpaired) electrons. The third-order valence-corrected chi connectivity index (χ3v) is 4.64. The molecule has 0 saturated heterocycles. The molecular weight excluding hydrogens is 425 g/mol. The van der Waals surface area contributed by atoms with Gasteiger partial charge < -0.3 is 14.2 Å². The Balaban J connectivity index is 1.96. The molecular formula is C24H27F3O5. The van der Waals surface area contributed by atoms with E-state index in [9.17, 15) is 22.8 Å². The van der Waals surface area contributed by atoms with Crippen LogP contribution in [0.1, 0.15) is 49.9 Å². The van der Waals surface area contributed by atoms with E-state index < -0.39 is 24.2 Å². The Bertz CT molecular complexity index is 861. The summed E-state index contributed by atoms with van der Waals surface area (Å²) >= 11 is 0. The molecule has 0 saturated carbocycles. The Labute approximate surface area is 185 Å². The Morgan fingerprint density at radius 1 is 0.906 bits per heavy atom. The van der Waals surface area contributed by atoms with Crippen LogP contribution in [-0.2, 0) is 14.3 Å². The van der Waals surface area contributed by atoms with Crippen molar-refractivity contribution >= 4 is 11.9 Å². The minimum atomic E-state index is -4.63. The molecule has 5 nitrogen and oxygen atoms in total. The Kier molecular flexibility index (Phi) is 9.71. The van der Waals surface area contributed by atoms with Gasteiger partial charge in [-0.15, -0.1) is 0 Å². The number of alkyl halides is 3. The standard InChI is InChI=1S/C24H27F3O5/c1-3-30-16-6-4-5-7-22(24(25,26)27)32-23(29)20-10-8-18(9-11-20)19-12-14-21(15-13-19)31-17(2)28/h8-15,22H,3-7,16H2,1-2H3. The van der Waals surface area contributed by atoms with Crippen molar-refractivity contribution < 1.29 is 37.0 Å². The van der Waals surface area contributed by atoms with Crippen molar-refractivity contribution in [2.24, 2.45) is 0 Å². The highest BCUT2D eigenvalue weighted by Crippen LogP contribution is 2.28. The first-order chi connectivity index (χ1) is 15.2. The van der Waals surface area contributed by atoms with E-state index in [1.54, 1.807) is 36.4 Å². The fourth-order valence-electron chi connectivity index (χ4n) is 3.02. The smallest absolute Gasteiger partial charge is 0.425 e. The second-order valence-corrected chi connectivity index (χ2v) is 7.18. The van der Waals surface area contributed by atoms with Crippen LogP contribution in [0.15, 0.2) is 48.5 Å². The lowest BCUT2D eigenvalue weighted by molar-refractivity contribution is -0.206. The predicted octanol–water partition coefficient (Wildman–Crippen LogP) is 5.96. The minimum Gasteiger partial charge on any atom is -0.449 e. The number of carbonyl (C=O) groups is 2. The number of unbranched alkanes of at least 4 members (excludes halogenated alkanes) is 2.